The van der Waals surface area contributed by atoms with Gasteiger partial charge in [-0.05, 0) is 57.5 Å². The molecule has 0 unspecified atom stereocenters. The molecule has 1 aromatic carbocycles. The Bertz CT molecular complexity index is 879. The van der Waals surface area contributed by atoms with Crippen molar-refractivity contribution >= 4 is 18.0 Å². The number of carbonyl (C=O) groups excluding carboxylic acids is 2. The summed E-state index contributed by atoms with van der Waals surface area (Å²) < 4.78 is 42.2. The second kappa shape index (κ2) is 8.03. The summed E-state index contributed by atoms with van der Waals surface area (Å²) in [6.07, 6.45) is -3.03. The Balaban J connectivity index is 1.85. The van der Waals surface area contributed by atoms with Crippen LogP contribution in [0.4, 0.5) is 18.0 Å². The van der Waals surface area contributed by atoms with Crippen LogP contribution in [0.15, 0.2) is 24.3 Å². The van der Waals surface area contributed by atoms with Gasteiger partial charge in [-0.3, -0.25) is 9.69 Å². The van der Waals surface area contributed by atoms with E-state index < -0.39 is 41.8 Å². The van der Waals surface area contributed by atoms with Crippen LogP contribution in [0.2, 0.25) is 0 Å². The molecule has 0 bridgehead atoms. The highest BCUT2D eigenvalue weighted by Crippen LogP contribution is 2.48. The zero-order chi connectivity index (χ0) is 23.0. The Morgan fingerprint density at radius 3 is 2.42 bits per heavy atom. The number of alkyl halides is 3. The molecule has 31 heavy (non-hydrogen) atoms. The minimum atomic E-state index is -5.10. The molecule has 1 saturated heterocycles. The largest absolute Gasteiger partial charge is 0.491 e. The van der Waals surface area contributed by atoms with Gasteiger partial charge in [0.05, 0.1) is 5.54 Å². The van der Waals surface area contributed by atoms with Crippen LogP contribution in [0.25, 0.3) is 0 Å². The van der Waals surface area contributed by atoms with Crippen molar-refractivity contribution in [2.45, 2.75) is 42.9 Å². The molecule has 2 aliphatic rings. The second-order valence-electron chi connectivity index (χ2n) is 8.20. The van der Waals surface area contributed by atoms with Crippen LogP contribution >= 0.6 is 0 Å². The molecular formula is C20H24F3N3O5. The predicted octanol–water partition coefficient (Wildman–Crippen LogP) is 2.33. The Hall–Kier alpha value is -2.82. The normalized spacial score (nSPS) is 26.3. The number of rotatable bonds is 5. The van der Waals surface area contributed by atoms with Crippen LogP contribution in [0.5, 0.6) is 5.75 Å². The van der Waals surface area contributed by atoms with E-state index in [9.17, 15) is 32.7 Å². The zero-order valence-electron chi connectivity index (χ0n) is 17.2. The van der Waals surface area contributed by atoms with Crippen LogP contribution in [-0.4, -0.2) is 71.8 Å². The maximum absolute atomic E-state index is 12.6. The molecule has 1 aliphatic heterocycles. The van der Waals surface area contributed by atoms with Crippen molar-refractivity contribution in [3.63, 3.8) is 0 Å². The summed E-state index contributed by atoms with van der Waals surface area (Å²) in [4.78, 5) is 37.9. The highest BCUT2D eigenvalue weighted by atomic mass is 19.4. The van der Waals surface area contributed by atoms with Crippen molar-refractivity contribution in [2.75, 3.05) is 27.2 Å². The van der Waals surface area contributed by atoms with Gasteiger partial charge in [0.25, 0.3) is 0 Å². The number of amides is 2. The van der Waals surface area contributed by atoms with Gasteiger partial charge in [-0.1, -0.05) is 12.1 Å². The molecule has 3 rings (SSSR count). The third-order valence-electron chi connectivity index (χ3n) is 6.36. The average Bonchev–Trinajstić information content (AvgIpc) is 2.97. The van der Waals surface area contributed by atoms with Gasteiger partial charge in [0, 0.05) is 12.1 Å². The SMILES string of the molecule is CN(C)C1(c2cccc(OC(=O)C(F)(F)F)c2)CCC2(CC1)CNC(=O)N2CC(=O)O. The summed E-state index contributed by atoms with van der Waals surface area (Å²) >= 11 is 0. The average molecular weight is 443 g/mol. The number of hydrogen-bond donors (Lipinski definition) is 2. The highest BCUT2D eigenvalue weighted by Gasteiger charge is 2.52. The number of aliphatic carboxylic acids is 1. The van der Waals surface area contributed by atoms with E-state index in [-0.39, 0.29) is 5.75 Å². The van der Waals surface area contributed by atoms with E-state index in [1.54, 1.807) is 6.07 Å². The van der Waals surface area contributed by atoms with E-state index >= 15 is 0 Å². The van der Waals surface area contributed by atoms with Crippen molar-refractivity contribution < 1.29 is 37.4 Å². The molecule has 1 aliphatic carbocycles. The lowest BCUT2D eigenvalue weighted by Crippen LogP contribution is -2.56. The van der Waals surface area contributed by atoms with E-state index in [0.717, 1.165) is 0 Å². The molecule has 2 fully saturated rings. The number of benzene rings is 1. The van der Waals surface area contributed by atoms with Crippen molar-refractivity contribution in [2.24, 2.45) is 0 Å². The first-order valence-electron chi connectivity index (χ1n) is 9.74. The number of halogens is 3. The Kier molecular flexibility index (Phi) is 5.92. The van der Waals surface area contributed by atoms with Gasteiger partial charge in [0.1, 0.15) is 12.3 Å². The molecule has 2 N–H and O–H groups in total. The molecule has 1 spiro atoms. The second-order valence-corrected chi connectivity index (χ2v) is 8.20. The van der Waals surface area contributed by atoms with Crippen molar-refractivity contribution in [3.8, 4) is 5.75 Å². The lowest BCUT2D eigenvalue weighted by atomic mass is 9.68. The maximum Gasteiger partial charge on any atom is 0.491 e. The highest BCUT2D eigenvalue weighted by molar-refractivity contribution is 5.83. The van der Waals surface area contributed by atoms with E-state index in [4.69, 9.17) is 0 Å². The first kappa shape index (κ1) is 22.9. The third kappa shape index (κ3) is 4.32. The van der Waals surface area contributed by atoms with Gasteiger partial charge < -0.3 is 20.1 Å². The molecule has 0 aromatic heterocycles. The van der Waals surface area contributed by atoms with Gasteiger partial charge in [0.15, 0.2) is 0 Å². The van der Waals surface area contributed by atoms with E-state index in [2.05, 4.69) is 10.1 Å². The van der Waals surface area contributed by atoms with E-state index in [0.29, 0.717) is 37.8 Å². The van der Waals surface area contributed by atoms with Crippen LogP contribution in [0.3, 0.4) is 0 Å². The first-order chi connectivity index (χ1) is 14.4. The van der Waals surface area contributed by atoms with Crippen molar-refractivity contribution in [3.05, 3.63) is 29.8 Å². The van der Waals surface area contributed by atoms with E-state index in [1.165, 1.54) is 23.1 Å². The van der Waals surface area contributed by atoms with Gasteiger partial charge in [-0.25, -0.2) is 9.59 Å². The fraction of sp³-hybridized carbons (Fsp3) is 0.550. The van der Waals surface area contributed by atoms with Gasteiger partial charge in [-0.15, -0.1) is 0 Å². The number of ether oxygens (including phenoxy) is 1. The number of nitrogens with one attached hydrogen (secondary N) is 1. The summed E-state index contributed by atoms with van der Waals surface area (Å²) in [5, 5.41) is 11.9. The predicted molar refractivity (Wildman–Crippen MR) is 102 cm³/mol. The van der Waals surface area contributed by atoms with Crippen LogP contribution in [0.1, 0.15) is 31.2 Å². The molecular weight excluding hydrogens is 419 g/mol. The van der Waals surface area contributed by atoms with Crippen LogP contribution < -0.4 is 10.1 Å². The number of hydrogen-bond acceptors (Lipinski definition) is 5. The molecule has 0 radical (unpaired) electrons. The van der Waals surface area contributed by atoms with Gasteiger partial charge >= 0.3 is 24.1 Å². The first-order valence-corrected chi connectivity index (χ1v) is 9.74. The number of carboxylic acids is 1. The summed E-state index contributed by atoms with van der Waals surface area (Å²) in [5.41, 5.74) is -0.524. The molecule has 1 aromatic rings. The smallest absolute Gasteiger partial charge is 0.480 e. The van der Waals surface area contributed by atoms with Gasteiger partial charge in [-0.2, -0.15) is 13.2 Å². The third-order valence-corrected chi connectivity index (χ3v) is 6.36. The summed E-state index contributed by atoms with van der Waals surface area (Å²) in [7, 11) is 3.69. The summed E-state index contributed by atoms with van der Waals surface area (Å²) in [5.74, 6) is -3.59. The maximum atomic E-state index is 12.6. The summed E-state index contributed by atoms with van der Waals surface area (Å²) in [6.45, 7) is -0.0600. The standard InChI is InChI=1S/C20H24F3N3O5/c1-25(2)19(13-4-3-5-14(10-13)31-16(29)20(21,22)23)8-6-18(7-9-19)12-24-17(30)26(18)11-15(27)28/h3-5,10H,6-9,11-12H2,1-2H3,(H,24,30)(H,27,28). The molecule has 1 heterocycles. The fourth-order valence-corrected chi connectivity index (χ4v) is 4.60. The number of urea groups is 1. The fourth-order valence-electron chi connectivity index (χ4n) is 4.60. The monoisotopic (exact) mass is 443 g/mol. The Morgan fingerprint density at radius 1 is 1.23 bits per heavy atom. The molecule has 0 atom stereocenters. The Morgan fingerprint density at radius 2 is 1.87 bits per heavy atom. The quantitative estimate of drug-likeness (QED) is 0.536. The minimum Gasteiger partial charge on any atom is -0.480 e. The van der Waals surface area contributed by atoms with Crippen molar-refractivity contribution in [1.82, 2.24) is 15.1 Å². The topological polar surface area (TPSA) is 99.2 Å². The van der Waals surface area contributed by atoms with Crippen LogP contribution in [-0.2, 0) is 15.1 Å². The molecule has 2 amide bonds. The lowest BCUT2D eigenvalue weighted by Gasteiger charge is -2.50. The van der Waals surface area contributed by atoms with Gasteiger partial charge in [0.2, 0.25) is 0 Å². The number of esters is 1. The summed E-state index contributed by atoms with van der Waals surface area (Å²) in [6, 6.07) is 5.59. The number of nitrogens with zero attached hydrogens (tertiary/aromatic N) is 2. The van der Waals surface area contributed by atoms with Crippen LogP contribution in [0, 0.1) is 0 Å². The molecule has 8 nitrogen and oxygen atoms in total. The minimum absolute atomic E-state index is 0.202. The lowest BCUT2D eigenvalue weighted by molar-refractivity contribution is -0.189. The zero-order valence-corrected chi connectivity index (χ0v) is 17.2. The van der Waals surface area contributed by atoms with E-state index in [1.807, 2.05) is 19.0 Å². The molecule has 170 valence electrons. The van der Waals surface area contributed by atoms with Crippen molar-refractivity contribution in [1.29, 1.82) is 0 Å². The number of carboxylic acid groups (broad SMARTS) is 1. The Labute approximate surface area is 176 Å². The molecule has 11 heteroatoms. The number of carbonyl (C=O) groups is 3. The molecule has 1 saturated carbocycles.